The Balaban J connectivity index is 1.64. The van der Waals surface area contributed by atoms with Crippen molar-refractivity contribution < 1.29 is 26.8 Å². The van der Waals surface area contributed by atoms with Gasteiger partial charge in [0.1, 0.15) is 28.8 Å². The van der Waals surface area contributed by atoms with Crippen LogP contribution in [-0.4, -0.2) is 42.0 Å². The molecule has 0 bridgehead atoms. The van der Waals surface area contributed by atoms with Crippen molar-refractivity contribution in [1.82, 2.24) is 15.1 Å². The number of sulfone groups is 1. The van der Waals surface area contributed by atoms with E-state index >= 15 is 4.39 Å². The van der Waals surface area contributed by atoms with Crippen LogP contribution >= 0.6 is 0 Å². The minimum absolute atomic E-state index is 0.0199. The monoisotopic (exact) mass is 525 g/mol. The minimum atomic E-state index is -3.66. The molecule has 2 amide bonds. The van der Waals surface area contributed by atoms with Gasteiger partial charge in [0.05, 0.1) is 28.6 Å². The number of amides is 2. The maximum Gasteiger partial charge on any atom is 0.257 e. The molecule has 2 heterocycles. The van der Waals surface area contributed by atoms with Crippen LogP contribution in [0.15, 0.2) is 36.4 Å². The molecule has 0 saturated carbocycles. The summed E-state index contributed by atoms with van der Waals surface area (Å²) in [6.45, 7) is 0. The molecule has 0 unspecified atom stereocenters. The van der Waals surface area contributed by atoms with E-state index in [1.165, 1.54) is 22.9 Å². The highest BCUT2D eigenvalue weighted by Crippen LogP contribution is 2.43. The second-order valence-corrected chi connectivity index (χ2v) is 11.5. The molecule has 9 nitrogen and oxygen atoms in total. The van der Waals surface area contributed by atoms with Crippen molar-refractivity contribution in [3.8, 4) is 11.8 Å². The summed E-state index contributed by atoms with van der Waals surface area (Å²) in [6.07, 6.45) is 2.42. The zero-order valence-electron chi connectivity index (χ0n) is 19.6. The molecule has 1 aliphatic heterocycles. The first-order chi connectivity index (χ1) is 17.5. The molecule has 5 rings (SSSR count). The lowest BCUT2D eigenvalue weighted by atomic mass is 9.71. The lowest BCUT2D eigenvalue weighted by molar-refractivity contribution is -0.113. The Morgan fingerprint density at radius 1 is 1.27 bits per heavy atom. The molecule has 1 aromatic heterocycles. The van der Waals surface area contributed by atoms with Crippen LogP contribution in [0.2, 0.25) is 0 Å². The zero-order valence-corrected chi connectivity index (χ0v) is 20.5. The Bertz CT molecular complexity index is 1610. The summed E-state index contributed by atoms with van der Waals surface area (Å²) >= 11 is 0. The van der Waals surface area contributed by atoms with Gasteiger partial charge >= 0.3 is 0 Å². The number of nitrogens with zero attached hydrogens (tertiary/aromatic N) is 3. The van der Waals surface area contributed by atoms with Gasteiger partial charge in [-0.3, -0.25) is 9.59 Å². The number of aryl methyl sites for hydroxylation is 1. The molecule has 1 spiro atoms. The van der Waals surface area contributed by atoms with Gasteiger partial charge in [-0.2, -0.15) is 10.4 Å². The molecule has 0 radical (unpaired) electrons. The molecule has 0 fully saturated rings. The van der Waals surface area contributed by atoms with Crippen molar-refractivity contribution in [2.75, 3.05) is 17.3 Å². The Hall–Kier alpha value is -4.11. The van der Waals surface area contributed by atoms with Gasteiger partial charge in [-0.15, -0.1) is 0 Å². The van der Waals surface area contributed by atoms with Crippen LogP contribution in [0.25, 0.3) is 5.69 Å². The van der Waals surface area contributed by atoms with Gasteiger partial charge in [0.15, 0.2) is 9.84 Å². The van der Waals surface area contributed by atoms with Crippen molar-refractivity contribution in [3.05, 3.63) is 76.0 Å². The molecule has 37 heavy (non-hydrogen) atoms. The van der Waals surface area contributed by atoms with Crippen LogP contribution < -0.4 is 10.6 Å². The van der Waals surface area contributed by atoms with E-state index in [-0.39, 0.29) is 29.1 Å². The van der Waals surface area contributed by atoms with E-state index in [1.807, 2.05) is 6.07 Å². The SMILES string of the molecule is CS(=O)(=O)CC(=O)Nc1c2c(nn1-c1ccc(C#N)cc1)C[C@]1(CCCc3cc(F)cc(F)c31)NC2=O. The quantitative estimate of drug-likeness (QED) is 0.538. The van der Waals surface area contributed by atoms with E-state index in [0.717, 1.165) is 12.3 Å². The largest absolute Gasteiger partial charge is 0.342 e. The van der Waals surface area contributed by atoms with E-state index in [1.54, 1.807) is 12.1 Å². The fraction of sp³-hybridized carbons (Fsp3) is 0.280. The molecule has 2 aliphatic rings. The predicted molar refractivity (Wildman–Crippen MR) is 129 cm³/mol. The number of nitrogens with one attached hydrogen (secondary N) is 2. The van der Waals surface area contributed by atoms with E-state index in [2.05, 4.69) is 15.7 Å². The predicted octanol–water partition coefficient (Wildman–Crippen LogP) is 2.52. The molecule has 1 atom stereocenters. The Morgan fingerprint density at radius 3 is 2.68 bits per heavy atom. The fourth-order valence-corrected chi connectivity index (χ4v) is 5.74. The van der Waals surface area contributed by atoms with Crippen molar-refractivity contribution in [1.29, 1.82) is 5.26 Å². The Kier molecular flexibility index (Phi) is 5.83. The topological polar surface area (TPSA) is 134 Å². The number of hydrogen-bond acceptors (Lipinski definition) is 6. The molecule has 2 aromatic carbocycles. The molecule has 12 heteroatoms. The lowest BCUT2D eigenvalue weighted by Gasteiger charge is -2.42. The maximum atomic E-state index is 15.1. The van der Waals surface area contributed by atoms with Crippen LogP contribution in [0, 0.1) is 23.0 Å². The fourth-order valence-electron chi connectivity index (χ4n) is 5.19. The summed E-state index contributed by atoms with van der Waals surface area (Å²) in [6, 6.07) is 10.2. The molecule has 3 aromatic rings. The highest BCUT2D eigenvalue weighted by atomic mass is 32.2. The summed E-state index contributed by atoms with van der Waals surface area (Å²) in [4.78, 5) is 26.1. The second kappa shape index (κ2) is 8.77. The number of nitriles is 1. The van der Waals surface area contributed by atoms with Gasteiger partial charge in [-0.25, -0.2) is 21.9 Å². The second-order valence-electron chi connectivity index (χ2n) is 9.35. The third kappa shape index (κ3) is 4.46. The van der Waals surface area contributed by atoms with Crippen LogP contribution in [-0.2, 0) is 33.0 Å². The Morgan fingerprint density at radius 2 is 2.00 bits per heavy atom. The molecule has 1 aliphatic carbocycles. The zero-order chi connectivity index (χ0) is 26.5. The minimum Gasteiger partial charge on any atom is -0.342 e. The highest BCUT2D eigenvalue weighted by molar-refractivity contribution is 7.91. The normalized spacial score (nSPS) is 18.5. The van der Waals surface area contributed by atoms with E-state index < -0.39 is 44.6 Å². The van der Waals surface area contributed by atoms with Crippen molar-refractivity contribution >= 4 is 27.5 Å². The summed E-state index contributed by atoms with van der Waals surface area (Å²) in [7, 11) is -3.66. The average molecular weight is 526 g/mol. The first kappa shape index (κ1) is 24.6. The first-order valence-corrected chi connectivity index (χ1v) is 13.5. The van der Waals surface area contributed by atoms with Gasteiger partial charge < -0.3 is 10.6 Å². The van der Waals surface area contributed by atoms with E-state index in [4.69, 9.17) is 5.26 Å². The van der Waals surface area contributed by atoms with Crippen molar-refractivity contribution in [2.45, 2.75) is 31.2 Å². The Labute approximate surface area is 211 Å². The lowest BCUT2D eigenvalue weighted by Crippen LogP contribution is -2.53. The van der Waals surface area contributed by atoms with Gasteiger partial charge in [0.2, 0.25) is 5.91 Å². The third-order valence-corrected chi connectivity index (χ3v) is 7.35. The number of benzene rings is 2. The molecule has 190 valence electrons. The van der Waals surface area contributed by atoms with Crippen LogP contribution in [0.3, 0.4) is 0 Å². The number of anilines is 1. The third-order valence-electron chi connectivity index (χ3n) is 6.56. The van der Waals surface area contributed by atoms with Gasteiger partial charge in [0, 0.05) is 24.3 Å². The summed E-state index contributed by atoms with van der Waals surface area (Å²) < 4.78 is 53.6. The van der Waals surface area contributed by atoms with E-state index in [0.29, 0.717) is 36.1 Å². The molecular weight excluding hydrogens is 504 g/mol. The van der Waals surface area contributed by atoms with Crippen molar-refractivity contribution in [3.63, 3.8) is 0 Å². The van der Waals surface area contributed by atoms with Gasteiger partial charge in [-0.05, 0) is 55.2 Å². The van der Waals surface area contributed by atoms with Crippen molar-refractivity contribution in [2.24, 2.45) is 0 Å². The van der Waals surface area contributed by atoms with Crippen LogP contribution in [0.4, 0.5) is 14.6 Å². The number of aromatic nitrogens is 2. The van der Waals surface area contributed by atoms with E-state index in [9.17, 15) is 22.4 Å². The standard InChI is InChI=1S/C25H21F2N5O4S/c1-37(35,36)13-20(33)29-23-21-19(31-32(23)17-6-4-14(12-28)5-7-17)11-25(30-24(21)34)8-2-3-15-9-16(26)10-18(27)22(15)25/h4-7,9-10H,2-3,8,11,13H2,1H3,(H,29,33)(H,30,34)/t25-/m0/s1. The van der Waals surface area contributed by atoms with Gasteiger partial charge in [-0.1, -0.05) is 0 Å². The molecule has 0 saturated heterocycles. The van der Waals surface area contributed by atoms with Gasteiger partial charge in [0.25, 0.3) is 5.91 Å². The smallest absolute Gasteiger partial charge is 0.257 e. The number of halogens is 2. The summed E-state index contributed by atoms with van der Waals surface area (Å²) in [5.41, 5.74) is 0.595. The maximum absolute atomic E-state index is 15.1. The summed E-state index contributed by atoms with van der Waals surface area (Å²) in [5, 5.41) is 19.1. The number of fused-ring (bicyclic) bond motifs is 3. The number of carbonyl (C=O) groups is 2. The number of carbonyl (C=O) groups excluding carboxylic acids is 2. The molecular formula is C25H21F2N5O4S. The van der Waals surface area contributed by atoms with Crippen LogP contribution in [0.5, 0.6) is 0 Å². The number of hydrogen-bond donors (Lipinski definition) is 2. The highest BCUT2D eigenvalue weighted by Gasteiger charge is 2.47. The average Bonchev–Trinajstić information content (AvgIpc) is 3.15. The molecule has 2 N–H and O–H groups in total. The first-order valence-electron chi connectivity index (χ1n) is 11.4. The number of rotatable bonds is 4. The summed E-state index contributed by atoms with van der Waals surface area (Å²) in [5.74, 6) is -3.80. The van der Waals surface area contributed by atoms with Crippen LogP contribution in [0.1, 0.15) is 45.6 Å².